The molecule has 0 radical (unpaired) electrons. The molecule has 2 aliphatic heterocycles. The van der Waals surface area contributed by atoms with Crippen LogP contribution in [0.1, 0.15) is 49.4 Å². The van der Waals surface area contributed by atoms with Crippen molar-refractivity contribution in [3.05, 3.63) is 112 Å². The second-order valence-corrected chi connectivity index (χ2v) is 13.1. The molecule has 4 aromatic rings. The van der Waals surface area contributed by atoms with Gasteiger partial charge in [-0.05, 0) is 111 Å². The summed E-state index contributed by atoms with van der Waals surface area (Å²) in [5, 5.41) is 3.00. The third kappa shape index (κ3) is 6.98. The maximum absolute atomic E-state index is 14.1. The highest BCUT2D eigenvalue weighted by atomic mass is 16.2. The van der Waals surface area contributed by atoms with E-state index in [0.717, 1.165) is 46.5 Å². The fourth-order valence-corrected chi connectivity index (χ4v) is 6.68. The largest absolute Gasteiger partial charge is 0.339 e. The van der Waals surface area contributed by atoms with E-state index < -0.39 is 0 Å². The molecule has 6 rings (SSSR count). The fourth-order valence-electron chi connectivity index (χ4n) is 6.68. The van der Waals surface area contributed by atoms with Crippen molar-refractivity contribution in [1.82, 2.24) is 9.80 Å². The Bertz CT molecular complexity index is 1910. The first kappa shape index (κ1) is 33.6. The van der Waals surface area contributed by atoms with Gasteiger partial charge in [-0.1, -0.05) is 36.4 Å². The van der Waals surface area contributed by atoms with Gasteiger partial charge in [0.1, 0.15) is 6.54 Å². The molecule has 0 unspecified atom stereocenters. The Labute approximate surface area is 288 Å². The molecule has 0 atom stereocenters. The summed E-state index contributed by atoms with van der Waals surface area (Å²) < 4.78 is 0. The Morgan fingerprint density at radius 3 is 2.02 bits per heavy atom. The molecule has 0 aliphatic carbocycles. The number of aryl methyl sites for hydroxylation is 4. The minimum Gasteiger partial charge on any atom is -0.339 e. The van der Waals surface area contributed by atoms with Crippen LogP contribution in [-0.2, 0) is 9.59 Å². The van der Waals surface area contributed by atoms with Crippen molar-refractivity contribution < 1.29 is 19.2 Å². The monoisotopic (exact) mass is 657 g/mol. The molecular formula is C40H43N5O4. The molecular weight excluding hydrogens is 614 g/mol. The van der Waals surface area contributed by atoms with Crippen molar-refractivity contribution in [3.8, 4) is 11.1 Å². The van der Waals surface area contributed by atoms with Gasteiger partial charge in [0, 0.05) is 56.0 Å². The van der Waals surface area contributed by atoms with Crippen LogP contribution in [0.3, 0.4) is 0 Å². The average molecular weight is 658 g/mol. The Balaban J connectivity index is 1.23. The number of amides is 4. The van der Waals surface area contributed by atoms with E-state index in [0.29, 0.717) is 41.3 Å². The van der Waals surface area contributed by atoms with Gasteiger partial charge < -0.3 is 24.9 Å². The number of likely N-dealkylation sites (N-methyl/N-ethyl adjacent to an activating group) is 1. The van der Waals surface area contributed by atoms with Gasteiger partial charge in [0.25, 0.3) is 11.8 Å². The van der Waals surface area contributed by atoms with Gasteiger partial charge >= 0.3 is 0 Å². The lowest BCUT2D eigenvalue weighted by Crippen LogP contribution is -2.50. The van der Waals surface area contributed by atoms with Crippen LogP contribution in [-0.4, -0.2) is 79.7 Å². The molecule has 0 bridgehead atoms. The molecule has 9 nitrogen and oxygen atoms in total. The number of carbonyl (C=O) groups is 4. The standard InChI is InChI=1S/C40H43N5O4/c1-26-9-8-10-27(2)38(26)32-11-6-7-12-33(32)39(48)41-31-15-13-30(14-16-31)40(49)44-18-17-36(46)45(35-24-29(4)28(3)23-34(35)44)25-37(47)43-21-19-42(5)20-22-43/h6-16,23-24H,17-22,25H2,1-5H3,(H,41,48). The van der Waals surface area contributed by atoms with Gasteiger partial charge in [-0.25, -0.2) is 0 Å². The van der Waals surface area contributed by atoms with Crippen LogP contribution in [0.2, 0.25) is 0 Å². The number of nitrogens with zero attached hydrogens (tertiary/aromatic N) is 4. The van der Waals surface area contributed by atoms with Crippen LogP contribution in [0, 0.1) is 27.7 Å². The minimum absolute atomic E-state index is 0.0684. The SMILES string of the molecule is Cc1cc2c(cc1C)N(C(=O)c1ccc(NC(=O)c3ccccc3-c3c(C)cccc3C)cc1)CCC(=O)N2CC(=O)N1CCN(C)CC1. The van der Waals surface area contributed by atoms with E-state index in [1.807, 2.05) is 94.2 Å². The first-order valence-electron chi connectivity index (χ1n) is 16.8. The number of hydrogen-bond donors (Lipinski definition) is 1. The Kier molecular flexibility index (Phi) is 9.65. The predicted octanol–water partition coefficient (Wildman–Crippen LogP) is 6.00. The van der Waals surface area contributed by atoms with Gasteiger partial charge in [-0.15, -0.1) is 0 Å². The van der Waals surface area contributed by atoms with Gasteiger partial charge in [-0.3, -0.25) is 19.2 Å². The average Bonchev–Trinajstić information content (AvgIpc) is 3.21. The first-order chi connectivity index (χ1) is 23.5. The van der Waals surface area contributed by atoms with Crippen molar-refractivity contribution in [2.24, 2.45) is 0 Å². The lowest BCUT2D eigenvalue weighted by molar-refractivity contribution is -0.132. The van der Waals surface area contributed by atoms with Crippen molar-refractivity contribution in [1.29, 1.82) is 0 Å². The molecule has 2 heterocycles. The van der Waals surface area contributed by atoms with Gasteiger partial charge in [-0.2, -0.15) is 0 Å². The molecule has 4 amide bonds. The van der Waals surface area contributed by atoms with Crippen LogP contribution < -0.4 is 15.1 Å². The highest BCUT2D eigenvalue weighted by Crippen LogP contribution is 2.37. The fraction of sp³-hybridized carbons (Fsp3) is 0.300. The van der Waals surface area contributed by atoms with Gasteiger partial charge in [0.05, 0.1) is 11.4 Å². The van der Waals surface area contributed by atoms with Gasteiger partial charge in [0.15, 0.2) is 0 Å². The number of carbonyl (C=O) groups excluding carboxylic acids is 4. The molecule has 0 aromatic heterocycles. The smallest absolute Gasteiger partial charge is 0.258 e. The van der Waals surface area contributed by atoms with Crippen molar-refractivity contribution >= 4 is 40.7 Å². The zero-order valence-corrected chi connectivity index (χ0v) is 28.9. The number of nitrogens with one attached hydrogen (secondary N) is 1. The highest BCUT2D eigenvalue weighted by Gasteiger charge is 2.33. The molecule has 1 saturated heterocycles. The molecule has 252 valence electrons. The third-order valence-electron chi connectivity index (χ3n) is 9.73. The summed E-state index contributed by atoms with van der Waals surface area (Å²) >= 11 is 0. The summed E-state index contributed by atoms with van der Waals surface area (Å²) in [7, 11) is 2.03. The van der Waals surface area contributed by atoms with Crippen molar-refractivity contribution in [3.63, 3.8) is 0 Å². The van der Waals surface area contributed by atoms with Gasteiger partial charge in [0.2, 0.25) is 11.8 Å². The summed E-state index contributed by atoms with van der Waals surface area (Å²) in [5.74, 6) is -0.793. The van der Waals surface area contributed by atoms with E-state index in [1.54, 1.807) is 34.1 Å². The Morgan fingerprint density at radius 1 is 0.714 bits per heavy atom. The molecule has 1 N–H and O–H groups in total. The third-order valence-corrected chi connectivity index (χ3v) is 9.73. The van der Waals surface area contributed by atoms with E-state index in [9.17, 15) is 19.2 Å². The number of rotatable bonds is 6. The van der Waals surface area contributed by atoms with Crippen molar-refractivity contribution in [2.45, 2.75) is 34.1 Å². The quantitative estimate of drug-likeness (QED) is 0.275. The maximum atomic E-state index is 14.1. The maximum Gasteiger partial charge on any atom is 0.258 e. The zero-order valence-electron chi connectivity index (χ0n) is 28.9. The summed E-state index contributed by atoms with van der Waals surface area (Å²) in [4.78, 5) is 61.7. The molecule has 1 fully saturated rings. The molecule has 2 aliphatic rings. The Hall–Kier alpha value is -5.28. The van der Waals surface area contributed by atoms with E-state index in [1.165, 1.54) is 0 Å². The van der Waals surface area contributed by atoms with E-state index in [-0.39, 0.29) is 43.1 Å². The molecule has 0 spiro atoms. The lowest BCUT2D eigenvalue weighted by atomic mass is 9.92. The Morgan fingerprint density at radius 2 is 1.35 bits per heavy atom. The van der Waals surface area contributed by atoms with Crippen LogP contribution in [0.4, 0.5) is 17.1 Å². The van der Waals surface area contributed by atoms with Crippen LogP contribution >= 0.6 is 0 Å². The van der Waals surface area contributed by atoms with E-state index in [4.69, 9.17) is 0 Å². The molecule has 9 heteroatoms. The first-order valence-corrected chi connectivity index (χ1v) is 16.8. The number of anilines is 3. The number of hydrogen-bond acceptors (Lipinski definition) is 5. The lowest BCUT2D eigenvalue weighted by Gasteiger charge is -2.34. The molecule has 4 aromatic carbocycles. The number of fused-ring (bicyclic) bond motifs is 1. The topological polar surface area (TPSA) is 93.3 Å². The highest BCUT2D eigenvalue weighted by molar-refractivity contribution is 6.13. The molecule has 0 saturated carbocycles. The minimum atomic E-state index is -0.261. The second-order valence-electron chi connectivity index (χ2n) is 13.1. The summed E-state index contributed by atoms with van der Waals surface area (Å²) in [6.07, 6.45) is 0.0858. The number of piperazine rings is 1. The number of benzene rings is 4. The van der Waals surface area contributed by atoms with Crippen LogP contribution in [0.25, 0.3) is 11.1 Å². The second kappa shape index (κ2) is 14.1. The van der Waals surface area contributed by atoms with E-state index in [2.05, 4.69) is 10.2 Å². The van der Waals surface area contributed by atoms with Crippen LogP contribution in [0.15, 0.2) is 78.9 Å². The zero-order chi connectivity index (χ0) is 34.8. The summed E-state index contributed by atoms with van der Waals surface area (Å²) in [6.45, 7) is 11.0. The van der Waals surface area contributed by atoms with Crippen molar-refractivity contribution in [2.75, 3.05) is 61.4 Å². The summed E-state index contributed by atoms with van der Waals surface area (Å²) in [5.41, 5.74) is 8.75. The summed E-state index contributed by atoms with van der Waals surface area (Å²) in [6, 6.07) is 24.3. The normalized spacial score (nSPS) is 15.1. The van der Waals surface area contributed by atoms with E-state index >= 15 is 0 Å². The predicted molar refractivity (Wildman–Crippen MR) is 194 cm³/mol. The molecule has 49 heavy (non-hydrogen) atoms. The van der Waals surface area contributed by atoms with Crippen LogP contribution in [0.5, 0.6) is 0 Å².